The van der Waals surface area contributed by atoms with Gasteiger partial charge in [0.05, 0.1) is 19.4 Å². The lowest BCUT2D eigenvalue weighted by Crippen LogP contribution is -2.43. The molecule has 1 saturated heterocycles. The van der Waals surface area contributed by atoms with E-state index in [0.29, 0.717) is 24.1 Å². The fraction of sp³-hybridized carbons (Fsp3) is 0.406. The van der Waals surface area contributed by atoms with Gasteiger partial charge in [-0.3, -0.25) is 9.59 Å². The minimum absolute atomic E-state index is 0.0357. The summed E-state index contributed by atoms with van der Waals surface area (Å²) in [6, 6.07) is 9.30. The molecule has 2 atom stereocenters. The van der Waals surface area contributed by atoms with Crippen molar-refractivity contribution in [3.63, 3.8) is 0 Å². The van der Waals surface area contributed by atoms with E-state index in [2.05, 4.69) is 10.3 Å². The number of pyridine rings is 1. The molecule has 0 spiro atoms. The van der Waals surface area contributed by atoms with Crippen molar-refractivity contribution in [3.05, 3.63) is 70.7 Å². The second-order valence-corrected chi connectivity index (χ2v) is 11.7. The maximum Gasteiger partial charge on any atom is 0.422 e. The van der Waals surface area contributed by atoms with Crippen LogP contribution in [-0.2, 0) is 15.8 Å². The smallest absolute Gasteiger partial charge is 0.422 e. The molecule has 3 heterocycles. The van der Waals surface area contributed by atoms with Crippen molar-refractivity contribution in [1.82, 2.24) is 10.3 Å². The van der Waals surface area contributed by atoms with Crippen molar-refractivity contribution in [2.45, 2.75) is 63.3 Å². The Kier molecular flexibility index (Phi) is 8.08. The Morgan fingerprint density at radius 2 is 1.91 bits per heavy atom. The molecule has 2 N–H and O–H groups in total. The molecule has 5 rings (SSSR count). The number of nitrogens with one attached hydrogen (secondary N) is 1. The highest BCUT2D eigenvalue weighted by Gasteiger charge is 2.56. The van der Waals surface area contributed by atoms with Gasteiger partial charge in [-0.1, -0.05) is 13.8 Å². The summed E-state index contributed by atoms with van der Waals surface area (Å²) in [4.78, 5) is 29.3. The van der Waals surface area contributed by atoms with Crippen molar-refractivity contribution in [2.24, 2.45) is 0 Å². The van der Waals surface area contributed by atoms with Crippen LogP contribution in [-0.4, -0.2) is 54.3 Å². The highest BCUT2D eigenvalue weighted by atomic mass is 19.4. The Hall–Kier alpha value is -4.19. The molecular formula is C32H32F4N2O6. The third-order valence-electron chi connectivity index (χ3n) is 8.07. The fourth-order valence-corrected chi connectivity index (χ4v) is 5.34. The standard InChI is InChI=1S/C32H32F4N2O6/c1-17-13-19(5-7-21(17)33)27-28-20(30(2,3)16-43-28)15-26(38-27)31(41,32(34,35)36)11-9-22(39)18-6-8-23(25(14-18)42-4)44-24-10-12-37-29(24)40/h5-8,13-15,24,41H,9-12,16H2,1-4H3,(H,37,40)/t24-,31-/m1/s1. The van der Waals surface area contributed by atoms with Gasteiger partial charge < -0.3 is 24.6 Å². The zero-order valence-electron chi connectivity index (χ0n) is 24.6. The Bertz CT molecular complexity index is 1620. The summed E-state index contributed by atoms with van der Waals surface area (Å²) < 4.78 is 74.9. The van der Waals surface area contributed by atoms with Crippen LogP contribution in [0.15, 0.2) is 42.5 Å². The van der Waals surface area contributed by atoms with Crippen molar-refractivity contribution >= 4 is 11.7 Å². The number of aliphatic hydroxyl groups is 1. The molecule has 1 aromatic heterocycles. The average Bonchev–Trinajstić information content (AvgIpc) is 3.53. The molecule has 12 heteroatoms. The quantitative estimate of drug-likeness (QED) is 0.240. The minimum Gasteiger partial charge on any atom is -0.493 e. The average molecular weight is 617 g/mol. The largest absolute Gasteiger partial charge is 0.493 e. The molecule has 234 valence electrons. The van der Waals surface area contributed by atoms with Crippen LogP contribution in [0.5, 0.6) is 17.2 Å². The van der Waals surface area contributed by atoms with E-state index in [1.807, 2.05) is 0 Å². The predicted octanol–water partition coefficient (Wildman–Crippen LogP) is 5.56. The highest BCUT2D eigenvalue weighted by molar-refractivity contribution is 5.96. The van der Waals surface area contributed by atoms with Gasteiger partial charge in [0, 0.05) is 41.5 Å². The summed E-state index contributed by atoms with van der Waals surface area (Å²) in [6.45, 7) is 5.72. The first-order valence-electron chi connectivity index (χ1n) is 14.0. The lowest BCUT2D eigenvalue weighted by molar-refractivity contribution is -0.270. The first-order chi connectivity index (χ1) is 20.6. The van der Waals surface area contributed by atoms with E-state index in [4.69, 9.17) is 14.2 Å². The van der Waals surface area contributed by atoms with Gasteiger partial charge in [0.1, 0.15) is 17.3 Å². The van der Waals surface area contributed by atoms with Crippen molar-refractivity contribution in [3.8, 4) is 28.5 Å². The highest BCUT2D eigenvalue weighted by Crippen LogP contribution is 2.49. The van der Waals surface area contributed by atoms with Gasteiger partial charge in [0.2, 0.25) is 5.60 Å². The summed E-state index contributed by atoms with van der Waals surface area (Å²) in [6.07, 6.45) is -7.19. The number of aromatic nitrogens is 1. The third kappa shape index (κ3) is 5.70. The first-order valence-corrected chi connectivity index (χ1v) is 14.0. The molecule has 1 fully saturated rings. The number of halogens is 4. The Balaban J connectivity index is 1.47. The van der Waals surface area contributed by atoms with E-state index in [0.717, 1.165) is 0 Å². The Labute approximate surface area is 251 Å². The molecule has 44 heavy (non-hydrogen) atoms. The lowest BCUT2D eigenvalue weighted by Gasteiger charge is -2.31. The SMILES string of the molecule is COc1cc(C(=O)CC[C@@](O)(c2cc3c(c(-c4ccc(F)c(C)c4)n2)OCC3(C)C)C(F)(F)F)ccc1O[C@@H]1CCNC1=O. The van der Waals surface area contributed by atoms with Crippen molar-refractivity contribution in [1.29, 1.82) is 0 Å². The summed E-state index contributed by atoms with van der Waals surface area (Å²) in [7, 11) is 1.33. The maximum atomic E-state index is 14.7. The number of Topliss-reactive ketones (excluding diaryl/α,β-unsaturated/α-hetero) is 1. The van der Waals surface area contributed by atoms with Crippen LogP contribution in [0.4, 0.5) is 17.6 Å². The molecule has 0 aliphatic carbocycles. The van der Waals surface area contributed by atoms with E-state index in [1.165, 1.54) is 56.5 Å². The van der Waals surface area contributed by atoms with Gasteiger partial charge in [-0.2, -0.15) is 13.2 Å². The number of alkyl halides is 3. The van der Waals surface area contributed by atoms with Crippen LogP contribution in [0.1, 0.15) is 60.3 Å². The zero-order valence-corrected chi connectivity index (χ0v) is 24.6. The summed E-state index contributed by atoms with van der Waals surface area (Å²) in [5.74, 6) is -0.873. The van der Waals surface area contributed by atoms with E-state index in [9.17, 15) is 32.3 Å². The second kappa shape index (κ2) is 11.4. The van der Waals surface area contributed by atoms with Crippen molar-refractivity contribution in [2.75, 3.05) is 20.3 Å². The predicted molar refractivity (Wildman–Crippen MR) is 151 cm³/mol. The van der Waals surface area contributed by atoms with Gasteiger partial charge in [-0.25, -0.2) is 9.37 Å². The number of hydrogen-bond donors (Lipinski definition) is 2. The number of hydrogen-bond acceptors (Lipinski definition) is 7. The Morgan fingerprint density at radius 3 is 2.55 bits per heavy atom. The van der Waals surface area contributed by atoms with E-state index in [-0.39, 0.29) is 46.6 Å². The molecule has 2 aromatic carbocycles. The number of amides is 1. The molecule has 0 radical (unpaired) electrons. The number of ketones is 1. The molecular weight excluding hydrogens is 584 g/mol. The van der Waals surface area contributed by atoms with Crippen molar-refractivity contribution < 1.29 is 46.5 Å². The number of aryl methyl sites for hydroxylation is 1. The number of nitrogens with zero attached hydrogens (tertiary/aromatic N) is 1. The van der Waals surface area contributed by atoms with E-state index < -0.39 is 53.4 Å². The number of carbonyl (C=O) groups is 2. The fourth-order valence-electron chi connectivity index (χ4n) is 5.34. The molecule has 8 nitrogen and oxygen atoms in total. The van der Waals surface area contributed by atoms with Crippen LogP contribution < -0.4 is 19.5 Å². The van der Waals surface area contributed by atoms with Gasteiger partial charge in [-0.15, -0.1) is 0 Å². The zero-order chi connectivity index (χ0) is 32.0. The molecule has 2 aliphatic rings. The Morgan fingerprint density at radius 1 is 1.16 bits per heavy atom. The second-order valence-electron chi connectivity index (χ2n) is 11.7. The van der Waals surface area contributed by atoms with Crippen LogP contribution in [0.3, 0.4) is 0 Å². The van der Waals surface area contributed by atoms with E-state index in [1.54, 1.807) is 13.8 Å². The van der Waals surface area contributed by atoms with Crippen LogP contribution in [0.2, 0.25) is 0 Å². The summed E-state index contributed by atoms with van der Waals surface area (Å²) in [5.41, 5.74) is -3.83. The van der Waals surface area contributed by atoms with Gasteiger partial charge in [0.15, 0.2) is 23.4 Å². The van der Waals surface area contributed by atoms with Gasteiger partial charge in [0.25, 0.3) is 5.91 Å². The number of rotatable bonds is 9. The molecule has 2 aliphatic heterocycles. The lowest BCUT2D eigenvalue weighted by atomic mass is 9.83. The van der Waals surface area contributed by atoms with Crippen LogP contribution in [0.25, 0.3) is 11.3 Å². The molecule has 0 bridgehead atoms. The molecule has 1 amide bonds. The van der Waals surface area contributed by atoms with Gasteiger partial charge in [-0.05, 0) is 61.4 Å². The number of ether oxygens (including phenoxy) is 3. The van der Waals surface area contributed by atoms with Crippen LogP contribution in [0, 0.1) is 12.7 Å². The molecule has 3 aromatic rings. The number of carbonyl (C=O) groups excluding carboxylic acids is 2. The van der Waals surface area contributed by atoms with Crippen LogP contribution >= 0.6 is 0 Å². The first kappa shape index (κ1) is 31.2. The summed E-state index contributed by atoms with van der Waals surface area (Å²) in [5, 5.41) is 13.9. The maximum absolute atomic E-state index is 14.7. The van der Waals surface area contributed by atoms with Gasteiger partial charge >= 0.3 is 6.18 Å². The number of methoxy groups -OCH3 is 1. The minimum atomic E-state index is -5.20. The summed E-state index contributed by atoms with van der Waals surface area (Å²) >= 11 is 0. The third-order valence-corrected chi connectivity index (χ3v) is 8.07. The topological polar surface area (TPSA) is 107 Å². The monoisotopic (exact) mass is 616 g/mol. The number of benzene rings is 2. The van der Waals surface area contributed by atoms with E-state index >= 15 is 0 Å². The molecule has 0 unspecified atom stereocenters. The number of fused-ring (bicyclic) bond motifs is 1. The normalized spacial score (nSPS) is 18.7. The molecule has 0 saturated carbocycles.